The Morgan fingerprint density at radius 3 is 2.29 bits per heavy atom. The van der Waals surface area contributed by atoms with Crippen molar-refractivity contribution < 1.29 is 14.3 Å². The third-order valence-electron chi connectivity index (χ3n) is 4.64. The van der Waals surface area contributed by atoms with Crippen LogP contribution in [0, 0.1) is 13.8 Å². The summed E-state index contributed by atoms with van der Waals surface area (Å²) in [5.74, 6) is 0.948. The van der Waals surface area contributed by atoms with Gasteiger partial charge in [-0.1, -0.05) is 25.5 Å². The molecule has 0 aromatic heterocycles. The number of benzene rings is 1. The number of unbranched alkanes of at least 4 members (excludes halogenated alkanes) is 1. The van der Waals surface area contributed by atoms with Gasteiger partial charge in [-0.2, -0.15) is 0 Å². The smallest absolute Gasteiger partial charge is 0.260 e. The van der Waals surface area contributed by atoms with Crippen molar-refractivity contribution in [1.82, 2.24) is 9.80 Å². The highest BCUT2D eigenvalue weighted by atomic mass is 16.5. The summed E-state index contributed by atoms with van der Waals surface area (Å²) >= 11 is 0. The van der Waals surface area contributed by atoms with Crippen LogP contribution in [0.15, 0.2) is 18.2 Å². The van der Waals surface area contributed by atoms with Crippen molar-refractivity contribution in [2.75, 3.05) is 32.8 Å². The largest absolute Gasteiger partial charge is 0.483 e. The minimum absolute atomic E-state index is 0.0171. The molecule has 0 N–H and O–H groups in total. The lowest BCUT2D eigenvalue weighted by atomic mass is 10.1. The average Bonchev–Trinajstić information content (AvgIpc) is 2.60. The van der Waals surface area contributed by atoms with Crippen molar-refractivity contribution in [3.8, 4) is 5.75 Å². The molecule has 0 unspecified atom stereocenters. The van der Waals surface area contributed by atoms with Crippen LogP contribution in [0.5, 0.6) is 5.75 Å². The topological polar surface area (TPSA) is 49.9 Å². The van der Waals surface area contributed by atoms with Gasteiger partial charge in [-0.05, 0) is 37.5 Å². The van der Waals surface area contributed by atoms with Gasteiger partial charge in [0, 0.05) is 32.6 Å². The van der Waals surface area contributed by atoms with Gasteiger partial charge < -0.3 is 14.5 Å². The fraction of sp³-hybridized carbons (Fsp3) is 0.579. The number of nitrogens with zero attached hydrogens (tertiary/aromatic N) is 2. The molecule has 1 aromatic rings. The zero-order valence-electron chi connectivity index (χ0n) is 15.0. The Hall–Kier alpha value is -2.04. The second-order valence-corrected chi connectivity index (χ2v) is 6.35. The molecule has 0 spiro atoms. The standard InChI is InChI=1S/C19H28N2O3/c1-4-5-9-18(22)20-10-12-21(13-11-20)19(23)14-24-17-8-6-7-15(2)16(17)3/h6-8H,4-5,9-14H2,1-3H3. The van der Waals surface area contributed by atoms with Crippen molar-refractivity contribution in [3.63, 3.8) is 0 Å². The molecule has 0 atom stereocenters. The lowest BCUT2D eigenvalue weighted by Gasteiger charge is -2.34. The second kappa shape index (κ2) is 8.71. The summed E-state index contributed by atoms with van der Waals surface area (Å²) in [6, 6.07) is 5.85. The summed E-state index contributed by atoms with van der Waals surface area (Å²) in [6.07, 6.45) is 2.57. The van der Waals surface area contributed by atoms with Crippen LogP contribution in [0.1, 0.15) is 37.3 Å². The summed E-state index contributed by atoms with van der Waals surface area (Å²) in [6.45, 7) is 8.58. The van der Waals surface area contributed by atoms with E-state index >= 15 is 0 Å². The third-order valence-corrected chi connectivity index (χ3v) is 4.64. The van der Waals surface area contributed by atoms with Crippen LogP contribution in [0.4, 0.5) is 0 Å². The Labute approximate surface area is 144 Å². The Bertz CT molecular complexity index is 578. The Morgan fingerprint density at radius 2 is 1.67 bits per heavy atom. The third kappa shape index (κ3) is 4.73. The number of piperazine rings is 1. The quantitative estimate of drug-likeness (QED) is 0.804. The van der Waals surface area contributed by atoms with Crippen molar-refractivity contribution in [2.45, 2.75) is 40.0 Å². The zero-order valence-corrected chi connectivity index (χ0v) is 15.0. The maximum atomic E-state index is 12.3. The normalized spacial score (nSPS) is 14.6. The number of hydrogen-bond donors (Lipinski definition) is 0. The molecule has 1 aliphatic heterocycles. The van der Waals surface area contributed by atoms with Gasteiger partial charge in [0.2, 0.25) is 5.91 Å². The van der Waals surface area contributed by atoms with Gasteiger partial charge in [0.05, 0.1) is 0 Å². The van der Waals surface area contributed by atoms with Gasteiger partial charge >= 0.3 is 0 Å². The minimum atomic E-state index is -0.0171. The van der Waals surface area contributed by atoms with E-state index in [1.807, 2.05) is 36.9 Å². The summed E-state index contributed by atoms with van der Waals surface area (Å²) in [7, 11) is 0. The first-order chi connectivity index (χ1) is 11.5. The first-order valence-electron chi connectivity index (χ1n) is 8.77. The lowest BCUT2D eigenvalue weighted by molar-refractivity contribution is -0.140. The summed E-state index contributed by atoms with van der Waals surface area (Å²) in [5.41, 5.74) is 2.22. The summed E-state index contributed by atoms with van der Waals surface area (Å²) < 4.78 is 5.69. The van der Waals surface area contributed by atoms with Crippen molar-refractivity contribution >= 4 is 11.8 Å². The highest BCUT2D eigenvalue weighted by molar-refractivity contribution is 5.79. The molecule has 1 fully saturated rings. The molecule has 132 valence electrons. The highest BCUT2D eigenvalue weighted by Crippen LogP contribution is 2.20. The first-order valence-corrected chi connectivity index (χ1v) is 8.77. The minimum Gasteiger partial charge on any atom is -0.483 e. The maximum Gasteiger partial charge on any atom is 0.260 e. The van der Waals surface area contributed by atoms with E-state index in [1.54, 1.807) is 4.90 Å². The molecule has 0 aliphatic carbocycles. The second-order valence-electron chi connectivity index (χ2n) is 6.35. The van der Waals surface area contributed by atoms with Gasteiger partial charge in [-0.15, -0.1) is 0 Å². The van der Waals surface area contributed by atoms with Gasteiger partial charge in [-0.3, -0.25) is 9.59 Å². The molecule has 0 saturated carbocycles. The molecular weight excluding hydrogens is 304 g/mol. The molecular formula is C19H28N2O3. The summed E-state index contributed by atoms with van der Waals surface area (Å²) in [4.78, 5) is 28.0. The number of carbonyl (C=O) groups is 2. The molecule has 1 heterocycles. The highest BCUT2D eigenvalue weighted by Gasteiger charge is 2.24. The van der Waals surface area contributed by atoms with Crippen LogP contribution in [0.3, 0.4) is 0 Å². The number of carbonyl (C=O) groups excluding carboxylic acids is 2. The van der Waals surface area contributed by atoms with E-state index in [0.717, 1.165) is 29.7 Å². The van der Waals surface area contributed by atoms with E-state index < -0.39 is 0 Å². The molecule has 2 rings (SSSR count). The van der Waals surface area contributed by atoms with Crippen LogP contribution in [-0.2, 0) is 9.59 Å². The van der Waals surface area contributed by atoms with Gasteiger partial charge in [0.25, 0.3) is 5.91 Å². The zero-order chi connectivity index (χ0) is 17.5. The number of amides is 2. The first kappa shape index (κ1) is 18.3. The van der Waals surface area contributed by atoms with Crippen LogP contribution < -0.4 is 4.74 Å². The van der Waals surface area contributed by atoms with E-state index in [-0.39, 0.29) is 18.4 Å². The van der Waals surface area contributed by atoms with Crippen LogP contribution in [-0.4, -0.2) is 54.4 Å². The van der Waals surface area contributed by atoms with Crippen molar-refractivity contribution in [1.29, 1.82) is 0 Å². The Balaban J connectivity index is 1.78. The maximum absolute atomic E-state index is 12.3. The van der Waals surface area contributed by atoms with Crippen molar-refractivity contribution in [2.24, 2.45) is 0 Å². The molecule has 0 bridgehead atoms. The van der Waals surface area contributed by atoms with E-state index in [4.69, 9.17) is 4.74 Å². The van der Waals surface area contributed by atoms with Crippen molar-refractivity contribution in [3.05, 3.63) is 29.3 Å². The molecule has 1 aliphatic rings. The van der Waals surface area contributed by atoms with E-state index in [0.29, 0.717) is 32.6 Å². The predicted molar refractivity (Wildman–Crippen MR) is 94.1 cm³/mol. The number of aryl methyl sites for hydroxylation is 1. The molecule has 0 radical (unpaired) electrons. The van der Waals surface area contributed by atoms with Crippen LogP contribution in [0.25, 0.3) is 0 Å². The lowest BCUT2D eigenvalue weighted by Crippen LogP contribution is -2.51. The van der Waals surface area contributed by atoms with Crippen LogP contribution in [0.2, 0.25) is 0 Å². The van der Waals surface area contributed by atoms with Gasteiger partial charge in [0.1, 0.15) is 5.75 Å². The SMILES string of the molecule is CCCCC(=O)N1CCN(C(=O)COc2cccc(C)c2C)CC1. The fourth-order valence-electron chi connectivity index (χ4n) is 2.80. The molecule has 5 nitrogen and oxygen atoms in total. The van der Waals surface area contributed by atoms with E-state index in [2.05, 4.69) is 6.92 Å². The number of ether oxygens (including phenoxy) is 1. The monoisotopic (exact) mass is 332 g/mol. The summed E-state index contributed by atoms with van der Waals surface area (Å²) in [5, 5.41) is 0. The number of rotatable bonds is 6. The number of hydrogen-bond acceptors (Lipinski definition) is 3. The van der Waals surface area contributed by atoms with E-state index in [9.17, 15) is 9.59 Å². The van der Waals surface area contributed by atoms with Gasteiger partial charge in [0.15, 0.2) is 6.61 Å². The molecule has 5 heteroatoms. The Kier molecular flexibility index (Phi) is 6.64. The average molecular weight is 332 g/mol. The molecule has 1 aromatic carbocycles. The molecule has 1 saturated heterocycles. The van der Waals surface area contributed by atoms with E-state index in [1.165, 1.54) is 0 Å². The van der Waals surface area contributed by atoms with Crippen LogP contribution >= 0.6 is 0 Å². The fourth-order valence-corrected chi connectivity index (χ4v) is 2.80. The Morgan fingerprint density at radius 1 is 1.04 bits per heavy atom. The molecule has 24 heavy (non-hydrogen) atoms. The van der Waals surface area contributed by atoms with Gasteiger partial charge in [-0.25, -0.2) is 0 Å². The molecule has 2 amide bonds. The predicted octanol–water partition coefficient (Wildman–Crippen LogP) is 2.54.